The molecule has 2 fully saturated rings. The standard InChI is InChI=1S/C36H54ClN3O7/c1-21(2)40(9)24(5)34(41)46-30-15-16-39(8)27-18-26(19-28(43-10)32(27)37)17-22(3)13-12-14-31(44-11)36(42)20-29(45-25(6)38-36)23(4)33-35(30,7)47-33/h12-14,18-19,21,23-24,29-31,33,38,42H,6,15-17,20H2,1-5,7-11H3/b14-12+,22-13+. The summed E-state index contributed by atoms with van der Waals surface area (Å²) in [5.74, 6) is 0.350. The predicted molar refractivity (Wildman–Crippen MR) is 185 cm³/mol. The van der Waals surface area contributed by atoms with E-state index in [1.807, 2.05) is 84.8 Å². The molecule has 0 aromatic heterocycles. The molecule has 2 N–H and O–H groups in total. The number of epoxide rings is 1. The van der Waals surface area contributed by atoms with E-state index in [0.717, 1.165) is 16.8 Å². The maximum absolute atomic E-state index is 13.6. The molecule has 3 heterocycles. The summed E-state index contributed by atoms with van der Waals surface area (Å²) in [6.07, 6.45) is 5.08. The highest BCUT2D eigenvalue weighted by molar-refractivity contribution is 6.34. The molecule has 1 aromatic rings. The second-order valence-electron chi connectivity index (χ2n) is 13.8. The maximum atomic E-state index is 13.6. The fourth-order valence-electron chi connectivity index (χ4n) is 6.70. The molecule has 8 unspecified atom stereocenters. The fourth-order valence-corrected chi connectivity index (χ4v) is 7.03. The Balaban J connectivity index is 1.75. The number of carbonyl (C=O) groups excluding carboxylic acids is 1. The van der Waals surface area contributed by atoms with Gasteiger partial charge in [0.1, 0.15) is 40.7 Å². The minimum atomic E-state index is -1.47. The fraction of sp³-hybridized carbons (Fsp3) is 0.639. The number of nitrogens with one attached hydrogen (secondary N) is 1. The zero-order chi connectivity index (χ0) is 34.8. The summed E-state index contributed by atoms with van der Waals surface area (Å²) >= 11 is 6.85. The van der Waals surface area contributed by atoms with Gasteiger partial charge in [-0.1, -0.05) is 42.3 Å². The second kappa shape index (κ2) is 14.8. The number of benzene rings is 1. The lowest BCUT2D eigenvalue weighted by atomic mass is 9.83. The molecule has 3 aliphatic rings. The van der Waals surface area contributed by atoms with Gasteiger partial charge in [-0.15, -0.1) is 0 Å². The Kier molecular flexibility index (Phi) is 11.7. The number of anilines is 1. The van der Waals surface area contributed by atoms with Gasteiger partial charge in [0.05, 0.1) is 18.9 Å². The Bertz CT molecular complexity index is 1370. The van der Waals surface area contributed by atoms with Crippen LogP contribution in [-0.2, 0) is 30.2 Å². The number of aliphatic hydroxyl groups is 1. The third-order valence-corrected chi connectivity index (χ3v) is 10.5. The highest BCUT2D eigenvalue weighted by Gasteiger charge is 2.63. The molecule has 262 valence electrons. The van der Waals surface area contributed by atoms with Crippen LogP contribution in [-0.4, -0.2) is 98.7 Å². The Morgan fingerprint density at radius 3 is 2.62 bits per heavy atom. The number of rotatable bonds is 6. The van der Waals surface area contributed by atoms with E-state index in [1.54, 1.807) is 14.2 Å². The third-order valence-electron chi connectivity index (χ3n) is 10.1. The lowest BCUT2D eigenvalue weighted by Gasteiger charge is -2.44. The predicted octanol–water partition coefficient (Wildman–Crippen LogP) is 5.22. The Labute approximate surface area is 285 Å². The summed E-state index contributed by atoms with van der Waals surface area (Å²) in [5.41, 5.74) is 0.681. The van der Waals surface area contributed by atoms with E-state index < -0.39 is 35.7 Å². The first-order valence-electron chi connectivity index (χ1n) is 16.4. The van der Waals surface area contributed by atoms with Crippen LogP contribution in [0.25, 0.3) is 0 Å². The minimum Gasteiger partial charge on any atom is -0.495 e. The number of hydrogen-bond donors (Lipinski definition) is 2. The van der Waals surface area contributed by atoms with E-state index in [4.69, 9.17) is 35.3 Å². The second-order valence-corrected chi connectivity index (χ2v) is 14.2. The molecule has 2 saturated heterocycles. The Morgan fingerprint density at radius 1 is 1.28 bits per heavy atom. The van der Waals surface area contributed by atoms with Gasteiger partial charge < -0.3 is 39.0 Å². The van der Waals surface area contributed by atoms with Gasteiger partial charge in [0.2, 0.25) is 0 Å². The van der Waals surface area contributed by atoms with Crippen molar-refractivity contribution in [1.29, 1.82) is 0 Å². The third kappa shape index (κ3) is 8.11. The quantitative estimate of drug-likeness (QED) is 0.308. The van der Waals surface area contributed by atoms with E-state index in [2.05, 4.69) is 22.9 Å². The van der Waals surface area contributed by atoms with Crippen LogP contribution in [0.1, 0.15) is 59.9 Å². The summed E-state index contributed by atoms with van der Waals surface area (Å²) in [4.78, 5) is 17.6. The molecule has 0 amide bonds. The van der Waals surface area contributed by atoms with Crippen molar-refractivity contribution in [1.82, 2.24) is 10.2 Å². The topological polar surface area (TPSA) is 105 Å². The first kappa shape index (κ1) is 37.1. The first-order chi connectivity index (χ1) is 22.0. The van der Waals surface area contributed by atoms with Crippen LogP contribution in [0.4, 0.5) is 5.69 Å². The van der Waals surface area contributed by atoms with E-state index in [-0.39, 0.29) is 36.3 Å². The average molecular weight is 676 g/mol. The number of hydrogen-bond acceptors (Lipinski definition) is 10. The van der Waals surface area contributed by atoms with E-state index in [0.29, 0.717) is 30.2 Å². The van der Waals surface area contributed by atoms with Gasteiger partial charge in [0, 0.05) is 45.5 Å². The Morgan fingerprint density at radius 2 is 1.98 bits per heavy atom. The molecule has 3 aliphatic heterocycles. The molecular formula is C36H54ClN3O7. The molecular weight excluding hydrogens is 622 g/mol. The summed E-state index contributed by atoms with van der Waals surface area (Å²) in [6, 6.07) is 3.73. The van der Waals surface area contributed by atoms with Crippen molar-refractivity contribution in [3.63, 3.8) is 0 Å². The van der Waals surface area contributed by atoms with Crippen molar-refractivity contribution >= 4 is 23.3 Å². The number of esters is 1. The van der Waals surface area contributed by atoms with Crippen molar-refractivity contribution in [2.24, 2.45) is 5.92 Å². The summed E-state index contributed by atoms with van der Waals surface area (Å²) < 4.78 is 30.3. The zero-order valence-electron chi connectivity index (χ0n) is 29.6. The van der Waals surface area contributed by atoms with Gasteiger partial charge in [-0.2, -0.15) is 0 Å². The number of halogens is 1. The number of fused-ring (bicyclic) bond motifs is 5. The average Bonchev–Trinajstić information content (AvgIpc) is 3.71. The molecule has 0 saturated carbocycles. The summed E-state index contributed by atoms with van der Waals surface area (Å²) in [7, 11) is 7.06. The lowest BCUT2D eigenvalue weighted by molar-refractivity contribution is -0.159. The van der Waals surface area contributed by atoms with Crippen LogP contribution in [0.2, 0.25) is 5.02 Å². The molecule has 4 bridgehead atoms. The van der Waals surface area contributed by atoms with Crippen molar-refractivity contribution in [2.45, 2.75) is 109 Å². The SMILES string of the molecule is C=C1NC2(O)CC(O1)C(C)C1OC1(C)C(OC(=O)C(C)N(C)C(C)C)CCN(C)c1cc(cc(OC)c1Cl)C/C(C)=C/C=C/C2OC. The smallest absolute Gasteiger partial charge is 0.323 e. The van der Waals surface area contributed by atoms with Crippen LogP contribution in [0, 0.1) is 5.92 Å². The van der Waals surface area contributed by atoms with Gasteiger partial charge >= 0.3 is 5.97 Å². The summed E-state index contributed by atoms with van der Waals surface area (Å²) in [5, 5.41) is 15.4. The number of ether oxygens (including phenoxy) is 5. The van der Waals surface area contributed by atoms with Gasteiger partial charge in [0.25, 0.3) is 0 Å². The first-order valence-corrected chi connectivity index (χ1v) is 16.8. The minimum absolute atomic E-state index is 0.163. The molecule has 0 aliphatic carbocycles. The number of allylic oxidation sites excluding steroid dienone is 3. The highest BCUT2D eigenvalue weighted by Crippen LogP contribution is 2.49. The molecule has 0 spiro atoms. The van der Waals surface area contributed by atoms with Gasteiger partial charge in [0.15, 0.2) is 11.6 Å². The lowest BCUT2D eigenvalue weighted by Crippen LogP contribution is -2.60. The van der Waals surface area contributed by atoms with Crippen molar-refractivity contribution in [3.8, 4) is 5.75 Å². The van der Waals surface area contributed by atoms with Gasteiger partial charge in [-0.3, -0.25) is 9.69 Å². The molecule has 4 rings (SSSR count). The van der Waals surface area contributed by atoms with Crippen LogP contribution < -0.4 is 15.0 Å². The molecule has 8 atom stereocenters. The van der Waals surface area contributed by atoms with Crippen molar-refractivity contribution < 1.29 is 33.6 Å². The monoisotopic (exact) mass is 675 g/mol. The molecule has 11 heteroatoms. The van der Waals surface area contributed by atoms with Crippen LogP contribution in [0.3, 0.4) is 0 Å². The van der Waals surface area contributed by atoms with Crippen LogP contribution >= 0.6 is 11.6 Å². The maximum Gasteiger partial charge on any atom is 0.323 e. The van der Waals surface area contributed by atoms with E-state index >= 15 is 0 Å². The van der Waals surface area contributed by atoms with Gasteiger partial charge in [-0.25, -0.2) is 0 Å². The van der Waals surface area contributed by atoms with Crippen molar-refractivity contribution in [3.05, 3.63) is 59.0 Å². The molecule has 10 nitrogen and oxygen atoms in total. The number of nitrogens with zero attached hydrogens (tertiary/aromatic N) is 2. The van der Waals surface area contributed by atoms with Gasteiger partial charge in [-0.05, 0) is 72.4 Å². The molecule has 47 heavy (non-hydrogen) atoms. The van der Waals surface area contributed by atoms with Crippen LogP contribution in [0.15, 0.2) is 48.4 Å². The molecule has 0 radical (unpaired) electrons. The molecule has 1 aromatic carbocycles. The number of methoxy groups -OCH3 is 2. The highest BCUT2D eigenvalue weighted by atomic mass is 35.5. The number of carbonyl (C=O) groups is 1. The normalized spacial score (nSPS) is 34.0. The summed E-state index contributed by atoms with van der Waals surface area (Å²) in [6.45, 7) is 16.5. The number of likely N-dealkylation sites (N-methyl/N-ethyl adjacent to an activating group) is 1. The van der Waals surface area contributed by atoms with E-state index in [9.17, 15) is 9.90 Å². The Hall–Kier alpha value is -2.76. The van der Waals surface area contributed by atoms with E-state index in [1.165, 1.54) is 0 Å². The van der Waals surface area contributed by atoms with Crippen LogP contribution in [0.5, 0.6) is 5.75 Å². The van der Waals surface area contributed by atoms with Crippen molar-refractivity contribution in [2.75, 3.05) is 39.8 Å². The zero-order valence-corrected chi connectivity index (χ0v) is 30.4. The largest absolute Gasteiger partial charge is 0.495 e.